The predicted octanol–water partition coefficient (Wildman–Crippen LogP) is 4.25. The molecule has 1 unspecified atom stereocenters. The van der Waals surface area contributed by atoms with Crippen LogP contribution in [0, 0.1) is 24.1 Å². The van der Waals surface area contributed by atoms with Crippen LogP contribution in [0.25, 0.3) is 16.6 Å². The van der Waals surface area contributed by atoms with Crippen molar-refractivity contribution in [1.82, 2.24) is 29.3 Å². The van der Waals surface area contributed by atoms with Crippen molar-refractivity contribution in [1.29, 1.82) is 5.26 Å². The van der Waals surface area contributed by atoms with Crippen LogP contribution < -0.4 is 0 Å². The Morgan fingerprint density at radius 2 is 2.18 bits per heavy atom. The van der Waals surface area contributed by atoms with Crippen LogP contribution in [-0.2, 0) is 4.79 Å². The van der Waals surface area contributed by atoms with E-state index in [2.05, 4.69) is 21.3 Å². The number of carbonyl (C=O) groups is 1. The van der Waals surface area contributed by atoms with Crippen molar-refractivity contribution < 1.29 is 9.18 Å². The molecule has 0 spiro atoms. The molecule has 1 aliphatic heterocycles. The first kappa shape index (κ1) is 22.1. The number of pyridine rings is 2. The Kier molecular flexibility index (Phi) is 5.79. The third kappa shape index (κ3) is 3.92. The second kappa shape index (κ2) is 8.91. The maximum Gasteiger partial charge on any atom is 0.219 e. The summed E-state index contributed by atoms with van der Waals surface area (Å²) in [6.45, 7) is 5.03. The Morgan fingerprint density at radius 1 is 1.32 bits per heavy atom. The van der Waals surface area contributed by atoms with Crippen LogP contribution in [0.3, 0.4) is 0 Å². The third-order valence-electron chi connectivity index (χ3n) is 6.17. The Balaban J connectivity index is 1.57. The van der Waals surface area contributed by atoms with E-state index in [1.54, 1.807) is 17.5 Å². The molecule has 0 aliphatic carbocycles. The van der Waals surface area contributed by atoms with Gasteiger partial charge < -0.3 is 4.90 Å². The molecule has 34 heavy (non-hydrogen) atoms. The maximum absolute atomic E-state index is 14.4. The van der Waals surface area contributed by atoms with Gasteiger partial charge in [-0.2, -0.15) is 15.5 Å². The van der Waals surface area contributed by atoms with Gasteiger partial charge >= 0.3 is 0 Å². The van der Waals surface area contributed by atoms with Gasteiger partial charge in [0.2, 0.25) is 5.91 Å². The maximum atomic E-state index is 14.4. The Hall–Kier alpha value is -3.71. The fourth-order valence-electron chi connectivity index (χ4n) is 4.46. The summed E-state index contributed by atoms with van der Waals surface area (Å²) in [6.07, 6.45) is 8.60. The molecule has 172 valence electrons. The van der Waals surface area contributed by atoms with Crippen molar-refractivity contribution in [3.63, 3.8) is 0 Å². The van der Waals surface area contributed by atoms with E-state index in [0.717, 1.165) is 48.0 Å². The average Bonchev–Trinajstić information content (AvgIpc) is 3.44. The number of hydrogen-bond donors (Lipinski definition) is 0. The molecule has 0 saturated carbocycles. The van der Waals surface area contributed by atoms with Crippen molar-refractivity contribution in [3.05, 3.63) is 60.1 Å². The van der Waals surface area contributed by atoms with Gasteiger partial charge in [0.15, 0.2) is 5.82 Å². The summed E-state index contributed by atoms with van der Waals surface area (Å²) in [5.74, 6) is -0.346. The van der Waals surface area contributed by atoms with Gasteiger partial charge in [-0.1, -0.05) is 11.8 Å². The standard InChI is InChI=1S/C24H22FN7OS/c1-15-20(12-29-32(15)19-5-4-8-30(14-19)16(2)33)17-9-22(34-24-21(25)6-3-7-27-24)23-18(10-26)11-28-31(23)13-17/h3,6-7,9,11-13,19H,4-5,8,14H2,1-2H3. The summed E-state index contributed by atoms with van der Waals surface area (Å²) in [5.41, 5.74) is 3.75. The molecule has 1 fully saturated rings. The van der Waals surface area contributed by atoms with Crippen LogP contribution in [-0.4, -0.2) is 48.3 Å². The number of carbonyl (C=O) groups excluding carboxylic acids is 1. The number of aromatic nitrogens is 5. The Labute approximate surface area is 200 Å². The second-order valence-corrected chi connectivity index (χ2v) is 9.33. The molecule has 10 heteroatoms. The van der Waals surface area contributed by atoms with Gasteiger partial charge in [0.1, 0.15) is 11.1 Å². The van der Waals surface area contributed by atoms with Gasteiger partial charge in [-0.3, -0.25) is 9.48 Å². The molecule has 0 radical (unpaired) electrons. The lowest BCUT2D eigenvalue weighted by molar-refractivity contribution is -0.130. The number of piperidine rings is 1. The van der Waals surface area contributed by atoms with E-state index < -0.39 is 5.82 Å². The van der Waals surface area contributed by atoms with Crippen LogP contribution in [0.1, 0.15) is 37.1 Å². The predicted molar refractivity (Wildman–Crippen MR) is 125 cm³/mol. The highest BCUT2D eigenvalue weighted by Gasteiger charge is 2.26. The van der Waals surface area contributed by atoms with E-state index in [-0.39, 0.29) is 17.0 Å². The topological polar surface area (TPSA) is 92.1 Å². The molecule has 1 aliphatic rings. The fraction of sp³-hybridized carbons (Fsp3) is 0.292. The summed E-state index contributed by atoms with van der Waals surface area (Å²) < 4.78 is 18.0. The van der Waals surface area contributed by atoms with E-state index in [9.17, 15) is 14.4 Å². The molecule has 4 aromatic heterocycles. The highest BCUT2D eigenvalue weighted by Crippen LogP contribution is 2.37. The van der Waals surface area contributed by atoms with Crippen LogP contribution in [0.2, 0.25) is 0 Å². The molecule has 0 bridgehead atoms. The molecule has 5 heterocycles. The summed E-state index contributed by atoms with van der Waals surface area (Å²) in [4.78, 5) is 18.6. The minimum atomic E-state index is -0.426. The van der Waals surface area contributed by atoms with Gasteiger partial charge in [0, 0.05) is 54.1 Å². The van der Waals surface area contributed by atoms with E-state index >= 15 is 0 Å². The van der Waals surface area contributed by atoms with Gasteiger partial charge in [0.05, 0.1) is 29.5 Å². The number of nitrogens with zero attached hydrogens (tertiary/aromatic N) is 7. The number of fused-ring (bicyclic) bond motifs is 1. The molecular formula is C24H22FN7OS. The summed E-state index contributed by atoms with van der Waals surface area (Å²) >= 11 is 1.16. The number of rotatable bonds is 4. The largest absolute Gasteiger partial charge is 0.341 e. The molecule has 1 saturated heterocycles. The first-order valence-electron chi connectivity index (χ1n) is 11.0. The summed E-state index contributed by atoms with van der Waals surface area (Å²) in [7, 11) is 0. The third-order valence-corrected chi connectivity index (χ3v) is 7.20. The number of amides is 1. The van der Waals surface area contributed by atoms with E-state index in [4.69, 9.17) is 0 Å². The summed E-state index contributed by atoms with van der Waals surface area (Å²) in [6, 6.07) is 7.10. The fourth-order valence-corrected chi connectivity index (χ4v) is 5.43. The lowest BCUT2D eigenvalue weighted by Gasteiger charge is -2.32. The number of hydrogen-bond acceptors (Lipinski definition) is 6. The van der Waals surface area contributed by atoms with Gasteiger partial charge in [-0.05, 0) is 38.0 Å². The van der Waals surface area contributed by atoms with Crippen molar-refractivity contribution in [2.45, 2.75) is 42.7 Å². The zero-order valence-electron chi connectivity index (χ0n) is 18.8. The summed E-state index contributed by atoms with van der Waals surface area (Å²) in [5, 5.41) is 18.8. The van der Waals surface area contributed by atoms with Crippen molar-refractivity contribution in [2.24, 2.45) is 0 Å². The SMILES string of the molecule is CC(=O)N1CCCC(n2ncc(-c3cc(Sc4ncccc4F)c4c(C#N)cnn4c3)c2C)C1. The van der Waals surface area contributed by atoms with Gasteiger partial charge in [-0.25, -0.2) is 13.9 Å². The smallest absolute Gasteiger partial charge is 0.219 e. The van der Waals surface area contributed by atoms with Gasteiger partial charge in [0.25, 0.3) is 0 Å². The monoisotopic (exact) mass is 475 g/mol. The van der Waals surface area contributed by atoms with E-state index in [0.29, 0.717) is 22.5 Å². The average molecular weight is 476 g/mol. The van der Waals surface area contributed by atoms with Crippen LogP contribution in [0.5, 0.6) is 0 Å². The lowest BCUT2D eigenvalue weighted by Crippen LogP contribution is -2.39. The van der Waals surface area contributed by atoms with Crippen LogP contribution >= 0.6 is 11.8 Å². The normalized spacial score (nSPS) is 16.1. The van der Waals surface area contributed by atoms with Crippen molar-refractivity contribution >= 4 is 23.2 Å². The highest BCUT2D eigenvalue weighted by atomic mass is 32.2. The second-order valence-electron chi connectivity index (χ2n) is 8.30. The Morgan fingerprint density at radius 3 is 2.94 bits per heavy atom. The number of likely N-dealkylation sites (tertiary alicyclic amines) is 1. The zero-order valence-corrected chi connectivity index (χ0v) is 19.6. The Bertz CT molecular complexity index is 1440. The zero-order chi connectivity index (χ0) is 23.8. The molecule has 0 aromatic carbocycles. The molecule has 1 amide bonds. The molecule has 8 nitrogen and oxygen atoms in total. The van der Waals surface area contributed by atoms with Crippen molar-refractivity contribution in [2.75, 3.05) is 13.1 Å². The number of halogens is 1. The first-order chi connectivity index (χ1) is 16.5. The van der Waals surface area contributed by atoms with Crippen LogP contribution in [0.15, 0.2) is 52.9 Å². The van der Waals surface area contributed by atoms with Crippen molar-refractivity contribution in [3.8, 4) is 17.2 Å². The molecule has 1 atom stereocenters. The molecule has 0 N–H and O–H groups in total. The van der Waals surface area contributed by atoms with Crippen LogP contribution in [0.4, 0.5) is 4.39 Å². The minimum Gasteiger partial charge on any atom is -0.341 e. The van der Waals surface area contributed by atoms with E-state index in [1.165, 1.54) is 18.5 Å². The molecule has 5 rings (SSSR count). The quantitative estimate of drug-likeness (QED) is 0.438. The molecular weight excluding hydrogens is 453 g/mol. The number of nitriles is 1. The molecule has 4 aromatic rings. The van der Waals surface area contributed by atoms with E-state index in [1.807, 2.05) is 35.0 Å². The lowest BCUT2D eigenvalue weighted by atomic mass is 10.0. The highest BCUT2D eigenvalue weighted by molar-refractivity contribution is 7.99. The van der Waals surface area contributed by atoms with Gasteiger partial charge in [-0.15, -0.1) is 0 Å². The minimum absolute atomic E-state index is 0.0792. The first-order valence-corrected chi connectivity index (χ1v) is 11.8.